The Bertz CT molecular complexity index is 382. The van der Waals surface area contributed by atoms with E-state index in [1.54, 1.807) is 0 Å². The zero-order chi connectivity index (χ0) is 12.3. The molecule has 0 radical (unpaired) electrons. The summed E-state index contributed by atoms with van der Waals surface area (Å²) in [4.78, 5) is 12.2. The van der Waals surface area contributed by atoms with Crippen LogP contribution in [0.4, 0.5) is 0 Å². The molecule has 0 spiro atoms. The van der Waals surface area contributed by atoms with E-state index in [0.717, 1.165) is 12.0 Å². The van der Waals surface area contributed by atoms with Crippen LogP contribution in [0.2, 0.25) is 0 Å². The van der Waals surface area contributed by atoms with Crippen LogP contribution in [0.5, 0.6) is 0 Å². The van der Waals surface area contributed by atoms with Crippen LogP contribution in [0.15, 0.2) is 24.3 Å². The SMILES string of the molecule is CCc1ccccc1C(=O)N(Cl)C(C)(C)C. The van der Waals surface area contributed by atoms with Crippen molar-refractivity contribution in [1.29, 1.82) is 0 Å². The topological polar surface area (TPSA) is 20.3 Å². The van der Waals surface area contributed by atoms with Crippen molar-refractivity contribution in [3.05, 3.63) is 35.4 Å². The van der Waals surface area contributed by atoms with E-state index < -0.39 is 0 Å². The lowest BCUT2D eigenvalue weighted by Gasteiger charge is -2.29. The summed E-state index contributed by atoms with van der Waals surface area (Å²) in [5.41, 5.74) is 1.34. The maximum Gasteiger partial charge on any atom is 0.268 e. The highest BCUT2D eigenvalue weighted by Crippen LogP contribution is 2.21. The summed E-state index contributed by atoms with van der Waals surface area (Å²) in [6.45, 7) is 7.76. The molecule has 2 nitrogen and oxygen atoms in total. The highest BCUT2D eigenvalue weighted by molar-refractivity contribution is 6.24. The molecule has 0 aromatic heterocycles. The first kappa shape index (κ1) is 13.0. The van der Waals surface area contributed by atoms with Gasteiger partial charge in [0.1, 0.15) is 0 Å². The van der Waals surface area contributed by atoms with Crippen LogP contribution in [-0.2, 0) is 6.42 Å². The van der Waals surface area contributed by atoms with E-state index >= 15 is 0 Å². The van der Waals surface area contributed by atoms with Crippen molar-refractivity contribution in [2.45, 2.75) is 39.7 Å². The third-order valence-electron chi connectivity index (χ3n) is 2.40. The first-order valence-corrected chi connectivity index (χ1v) is 5.80. The fourth-order valence-corrected chi connectivity index (χ4v) is 1.54. The number of amides is 1. The zero-order valence-electron chi connectivity index (χ0n) is 10.2. The van der Waals surface area contributed by atoms with E-state index in [2.05, 4.69) is 0 Å². The van der Waals surface area contributed by atoms with E-state index in [9.17, 15) is 4.79 Å². The molecule has 0 heterocycles. The van der Waals surface area contributed by atoms with Gasteiger partial charge in [0.05, 0.1) is 5.54 Å². The van der Waals surface area contributed by atoms with Crippen molar-refractivity contribution >= 4 is 17.7 Å². The van der Waals surface area contributed by atoms with E-state index in [-0.39, 0.29) is 11.4 Å². The van der Waals surface area contributed by atoms with Gasteiger partial charge in [-0.1, -0.05) is 25.1 Å². The summed E-state index contributed by atoms with van der Waals surface area (Å²) in [6.07, 6.45) is 0.830. The van der Waals surface area contributed by atoms with Gasteiger partial charge in [-0.15, -0.1) is 0 Å². The van der Waals surface area contributed by atoms with Gasteiger partial charge in [-0.25, -0.2) is 4.42 Å². The summed E-state index contributed by atoms with van der Waals surface area (Å²) in [6, 6.07) is 7.58. The number of hydrogen-bond acceptors (Lipinski definition) is 1. The minimum atomic E-state index is -0.376. The Morgan fingerprint density at radius 3 is 2.38 bits per heavy atom. The van der Waals surface area contributed by atoms with E-state index in [1.807, 2.05) is 52.0 Å². The quantitative estimate of drug-likeness (QED) is 0.722. The predicted octanol–water partition coefficient (Wildman–Crippen LogP) is 3.64. The van der Waals surface area contributed by atoms with Crippen LogP contribution in [0, 0.1) is 0 Å². The van der Waals surface area contributed by atoms with Crippen molar-refractivity contribution < 1.29 is 4.79 Å². The molecule has 0 saturated heterocycles. The first-order chi connectivity index (χ1) is 7.38. The standard InChI is InChI=1S/C13H18ClNO/c1-5-10-8-6-7-9-11(10)12(16)15(14)13(2,3)4/h6-9H,5H2,1-4H3. The van der Waals surface area contributed by atoms with Gasteiger partial charge in [0.25, 0.3) is 5.91 Å². The third-order valence-corrected chi connectivity index (χ3v) is 3.06. The molecular formula is C13H18ClNO. The van der Waals surface area contributed by atoms with Gasteiger partial charge < -0.3 is 0 Å². The average Bonchev–Trinajstić information content (AvgIpc) is 2.25. The number of rotatable bonds is 2. The fourth-order valence-electron chi connectivity index (χ4n) is 1.45. The minimum Gasteiger partial charge on any atom is -0.268 e. The van der Waals surface area contributed by atoms with Gasteiger partial charge in [-0.05, 0) is 38.8 Å². The summed E-state index contributed by atoms with van der Waals surface area (Å²) >= 11 is 6.05. The Labute approximate surface area is 102 Å². The Morgan fingerprint density at radius 2 is 1.88 bits per heavy atom. The van der Waals surface area contributed by atoms with Crippen LogP contribution >= 0.6 is 11.8 Å². The lowest BCUT2D eigenvalue weighted by molar-refractivity contribution is 0.0776. The molecule has 0 aliphatic heterocycles. The Morgan fingerprint density at radius 1 is 1.31 bits per heavy atom. The van der Waals surface area contributed by atoms with Gasteiger partial charge in [0, 0.05) is 17.3 Å². The minimum absolute atomic E-state index is 0.133. The lowest BCUT2D eigenvalue weighted by atomic mass is 10.0. The molecule has 0 bridgehead atoms. The highest BCUT2D eigenvalue weighted by Gasteiger charge is 2.26. The van der Waals surface area contributed by atoms with Gasteiger partial charge >= 0.3 is 0 Å². The van der Waals surface area contributed by atoms with Crippen molar-refractivity contribution in [2.24, 2.45) is 0 Å². The predicted molar refractivity (Wildman–Crippen MR) is 67.6 cm³/mol. The maximum atomic E-state index is 12.2. The second-order valence-electron chi connectivity index (χ2n) is 4.77. The smallest absolute Gasteiger partial charge is 0.268 e. The molecule has 1 rings (SSSR count). The molecule has 0 N–H and O–H groups in total. The highest BCUT2D eigenvalue weighted by atomic mass is 35.5. The zero-order valence-corrected chi connectivity index (χ0v) is 11.0. The summed E-state index contributed by atoms with van der Waals surface area (Å²) in [7, 11) is 0. The largest absolute Gasteiger partial charge is 0.268 e. The Hall–Kier alpha value is -1.02. The molecule has 88 valence electrons. The first-order valence-electron chi connectivity index (χ1n) is 5.46. The second-order valence-corrected chi connectivity index (χ2v) is 5.11. The van der Waals surface area contributed by atoms with Crippen molar-refractivity contribution in [2.75, 3.05) is 0 Å². The van der Waals surface area contributed by atoms with Crippen molar-refractivity contribution in [3.8, 4) is 0 Å². The van der Waals surface area contributed by atoms with Crippen LogP contribution in [-0.4, -0.2) is 15.9 Å². The molecule has 0 fully saturated rings. The van der Waals surface area contributed by atoms with Crippen molar-refractivity contribution in [3.63, 3.8) is 0 Å². The number of benzene rings is 1. The molecule has 0 aliphatic rings. The molecular weight excluding hydrogens is 222 g/mol. The van der Waals surface area contributed by atoms with E-state index in [0.29, 0.717) is 5.56 Å². The number of halogens is 1. The van der Waals surface area contributed by atoms with Crippen LogP contribution < -0.4 is 0 Å². The molecule has 1 aromatic rings. The van der Waals surface area contributed by atoms with Crippen LogP contribution in [0.25, 0.3) is 0 Å². The summed E-state index contributed by atoms with van der Waals surface area (Å²) in [5, 5.41) is 0. The molecule has 0 saturated carbocycles. The second kappa shape index (κ2) is 4.88. The molecule has 16 heavy (non-hydrogen) atoms. The van der Waals surface area contributed by atoms with Gasteiger partial charge in [0.2, 0.25) is 0 Å². The number of nitrogens with zero attached hydrogens (tertiary/aromatic N) is 1. The van der Waals surface area contributed by atoms with Crippen molar-refractivity contribution in [1.82, 2.24) is 4.42 Å². The van der Waals surface area contributed by atoms with Crippen LogP contribution in [0.3, 0.4) is 0 Å². The Balaban J connectivity index is 3.05. The number of carbonyl (C=O) groups excluding carboxylic acids is 1. The van der Waals surface area contributed by atoms with E-state index in [4.69, 9.17) is 11.8 Å². The number of carbonyl (C=O) groups is 1. The monoisotopic (exact) mass is 239 g/mol. The van der Waals surface area contributed by atoms with Gasteiger partial charge in [0.15, 0.2) is 0 Å². The maximum absolute atomic E-state index is 12.2. The van der Waals surface area contributed by atoms with Gasteiger partial charge in [-0.2, -0.15) is 0 Å². The van der Waals surface area contributed by atoms with E-state index in [1.165, 1.54) is 4.42 Å². The fraction of sp³-hybridized carbons (Fsp3) is 0.462. The van der Waals surface area contributed by atoms with Crippen LogP contribution in [0.1, 0.15) is 43.6 Å². The molecule has 0 unspecified atom stereocenters. The Kier molecular flexibility index (Phi) is 3.98. The molecule has 3 heteroatoms. The molecule has 1 aromatic carbocycles. The summed E-state index contributed by atoms with van der Waals surface area (Å²) < 4.78 is 1.27. The number of hydrogen-bond donors (Lipinski definition) is 0. The third kappa shape index (κ3) is 2.76. The summed E-state index contributed by atoms with van der Waals surface area (Å²) in [5.74, 6) is -0.133. The normalized spacial score (nSPS) is 11.3. The molecule has 0 atom stereocenters. The molecule has 0 aliphatic carbocycles. The van der Waals surface area contributed by atoms with Gasteiger partial charge in [-0.3, -0.25) is 4.79 Å². The lowest BCUT2D eigenvalue weighted by Crippen LogP contribution is -2.38. The molecule has 1 amide bonds. The number of aryl methyl sites for hydroxylation is 1. The average molecular weight is 240 g/mol.